The quantitative estimate of drug-likeness (QED) is 0.618. The van der Waals surface area contributed by atoms with Crippen LogP contribution >= 0.6 is 0 Å². The lowest BCUT2D eigenvalue weighted by molar-refractivity contribution is 0.0528. The highest BCUT2D eigenvalue weighted by Gasteiger charge is 2.12. The number of esters is 1. The van der Waals surface area contributed by atoms with Gasteiger partial charge in [0.05, 0.1) is 17.9 Å². The van der Waals surface area contributed by atoms with Crippen molar-refractivity contribution in [2.45, 2.75) is 6.92 Å². The number of nitrogens with two attached hydrogens (primary N) is 1. The molecule has 0 unspecified atom stereocenters. The van der Waals surface area contributed by atoms with Gasteiger partial charge in [0.2, 0.25) is 0 Å². The normalized spacial score (nSPS) is 10.3. The molecular formula is C13H13NO2. The fraction of sp³-hybridized carbons (Fsp3) is 0.154. The van der Waals surface area contributed by atoms with Crippen molar-refractivity contribution in [1.29, 1.82) is 0 Å². The number of carbonyl (C=O) groups is 1. The summed E-state index contributed by atoms with van der Waals surface area (Å²) in [6.07, 6.45) is 0. The maximum absolute atomic E-state index is 11.6. The van der Waals surface area contributed by atoms with E-state index in [-0.39, 0.29) is 5.97 Å². The zero-order valence-corrected chi connectivity index (χ0v) is 9.07. The molecule has 2 N–H and O–H groups in total. The molecule has 3 heteroatoms. The van der Waals surface area contributed by atoms with Crippen LogP contribution in [0.5, 0.6) is 0 Å². The molecule has 2 aromatic carbocycles. The van der Waals surface area contributed by atoms with Gasteiger partial charge in [-0.05, 0) is 18.4 Å². The van der Waals surface area contributed by atoms with Gasteiger partial charge in [0.25, 0.3) is 0 Å². The summed E-state index contributed by atoms with van der Waals surface area (Å²) >= 11 is 0. The molecule has 82 valence electrons. The number of hydrogen-bond donors (Lipinski definition) is 1. The number of anilines is 1. The van der Waals surface area contributed by atoms with Crippen LogP contribution in [0.4, 0.5) is 5.69 Å². The summed E-state index contributed by atoms with van der Waals surface area (Å²) in [5.74, 6) is -0.370. The van der Waals surface area contributed by atoms with E-state index in [0.717, 1.165) is 10.8 Å². The number of ether oxygens (including phenoxy) is 1. The van der Waals surface area contributed by atoms with Crippen molar-refractivity contribution in [2.24, 2.45) is 0 Å². The van der Waals surface area contributed by atoms with Crippen LogP contribution < -0.4 is 5.73 Å². The van der Waals surface area contributed by atoms with Crippen LogP contribution in [0.3, 0.4) is 0 Å². The second-order valence-electron chi connectivity index (χ2n) is 3.47. The van der Waals surface area contributed by atoms with Crippen LogP contribution in [-0.2, 0) is 4.74 Å². The lowest BCUT2D eigenvalue weighted by Gasteiger charge is -2.08. The van der Waals surface area contributed by atoms with E-state index < -0.39 is 0 Å². The van der Waals surface area contributed by atoms with Gasteiger partial charge in [0.1, 0.15) is 0 Å². The third kappa shape index (κ3) is 1.72. The molecule has 0 fully saturated rings. The maximum Gasteiger partial charge on any atom is 0.340 e. The first kappa shape index (κ1) is 10.5. The molecule has 0 atom stereocenters. The Labute approximate surface area is 93.8 Å². The largest absolute Gasteiger partial charge is 0.462 e. The standard InChI is InChI=1S/C13H13NO2/c1-2-16-13(15)11-8-7-9-5-3-4-6-10(9)12(11)14/h3-8H,2,14H2,1H3. The summed E-state index contributed by atoms with van der Waals surface area (Å²) in [6.45, 7) is 2.13. The predicted octanol–water partition coefficient (Wildman–Crippen LogP) is 2.60. The highest BCUT2D eigenvalue weighted by Crippen LogP contribution is 2.25. The summed E-state index contributed by atoms with van der Waals surface area (Å²) in [6, 6.07) is 11.3. The minimum absolute atomic E-state index is 0.352. The minimum atomic E-state index is -0.370. The minimum Gasteiger partial charge on any atom is -0.462 e. The van der Waals surface area contributed by atoms with E-state index in [1.807, 2.05) is 30.3 Å². The Morgan fingerprint density at radius 1 is 1.25 bits per heavy atom. The molecule has 2 aromatic rings. The molecule has 0 spiro atoms. The molecule has 0 aromatic heterocycles. The average Bonchev–Trinajstić information content (AvgIpc) is 2.30. The van der Waals surface area contributed by atoms with Crippen molar-refractivity contribution in [3.63, 3.8) is 0 Å². The smallest absolute Gasteiger partial charge is 0.340 e. The Hall–Kier alpha value is -2.03. The molecule has 0 saturated heterocycles. The van der Waals surface area contributed by atoms with Gasteiger partial charge in [-0.1, -0.05) is 30.3 Å². The van der Waals surface area contributed by atoms with Crippen LogP contribution in [-0.4, -0.2) is 12.6 Å². The number of carbonyl (C=O) groups excluding carboxylic acids is 1. The first-order valence-corrected chi connectivity index (χ1v) is 5.18. The van der Waals surface area contributed by atoms with E-state index in [9.17, 15) is 4.79 Å². The van der Waals surface area contributed by atoms with Crippen LogP contribution in [0.25, 0.3) is 10.8 Å². The summed E-state index contributed by atoms with van der Waals surface area (Å²) in [5.41, 5.74) is 6.86. The molecule has 16 heavy (non-hydrogen) atoms. The molecule has 0 amide bonds. The van der Waals surface area contributed by atoms with Crippen molar-refractivity contribution in [3.05, 3.63) is 42.0 Å². The molecule has 0 heterocycles. The maximum atomic E-state index is 11.6. The van der Waals surface area contributed by atoms with Gasteiger partial charge < -0.3 is 10.5 Å². The van der Waals surface area contributed by atoms with Crippen molar-refractivity contribution in [3.8, 4) is 0 Å². The fourth-order valence-corrected chi connectivity index (χ4v) is 1.68. The van der Waals surface area contributed by atoms with Crippen LogP contribution in [0, 0.1) is 0 Å². The molecule has 0 aliphatic carbocycles. The predicted molar refractivity (Wildman–Crippen MR) is 64.3 cm³/mol. The first-order chi connectivity index (χ1) is 7.74. The summed E-state index contributed by atoms with van der Waals surface area (Å²) in [7, 11) is 0. The summed E-state index contributed by atoms with van der Waals surface area (Å²) in [4.78, 5) is 11.6. The van der Waals surface area contributed by atoms with Gasteiger partial charge in [0.15, 0.2) is 0 Å². The first-order valence-electron chi connectivity index (χ1n) is 5.18. The summed E-state index contributed by atoms with van der Waals surface area (Å²) < 4.78 is 4.94. The third-order valence-electron chi connectivity index (χ3n) is 2.47. The van der Waals surface area contributed by atoms with E-state index in [4.69, 9.17) is 10.5 Å². The van der Waals surface area contributed by atoms with Crippen molar-refractivity contribution < 1.29 is 9.53 Å². The second kappa shape index (κ2) is 4.23. The Kier molecular flexibility index (Phi) is 2.77. The van der Waals surface area contributed by atoms with E-state index in [1.165, 1.54) is 0 Å². The lowest BCUT2D eigenvalue weighted by atomic mass is 10.0. The van der Waals surface area contributed by atoms with Crippen LogP contribution in [0.2, 0.25) is 0 Å². The van der Waals surface area contributed by atoms with E-state index in [1.54, 1.807) is 13.0 Å². The molecule has 3 nitrogen and oxygen atoms in total. The van der Waals surface area contributed by atoms with E-state index >= 15 is 0 Å². The molecule has 2 rings (SSSR count). The topological polar surface area (TPSA) is 52.3 Å². The van der Waals surface area contributed by atoms with Crippen LogP contribution in [0.1, 0.15) is 17.3 Å². The average molecular weight is 215 g/mol. The molecule has 0 radical (unpaired) electrons. The van der Waals surface area contributed by atoms with Gasteiger partial charge in [-0.25, -0.2) is 4.79 Å². The van der Waals surface area contributed by atoms with Crippen molar-refractivity contribution >= 4 is 22.4 Å². The zero-order chi connectivity index (χ0) is 11.5. The Morgan fingerprint density at radius 2 is 2.00 bits per heavy atom. The molecule has 0 bridgehead atoms. The highest BCUT2D eigenvalue weighted by atomic mass is 16.5. The van der Waals surface area contributed by atoms with Crippen molar-refractivity contribution in [1.82, 2.24) is 0 Å². The Bertz CT molecular complexity index is 534. The zero-order valence-electron chi connectivity index (χ0n) is 9.07. The monoisotopic (exact) mass is 215 g/mol. The van der Waals surface area contributed by atoms with Gasteiger partial charge in [0, 0.05) is 5.39 Å². The molecule has 0 saturated carbocycles. The second-order valence-corrected chi connectivity index (χ2v) is 3.47. The van der Waals surface area contributed by atoms with Crippen molar-refractivity contribution in [2.75, 3.05) is 12.3 Å². The van der Waals surface area contributed by atoms with E-state index in [0.29, 0.717) is 17.9 Å². The molecule has 0 aliphatic rings. The van der Waals surface area contributed by atoms with Crippen LogP contribution in [0.15, 0.2) is 36.4 Å². The fourth-order valence-electron chi connectivity index (χ4n) is 1.68. The number of fused-ring (bicyclic) bond motifs is 1. The SMILES string of the molecule is CCOC(=O)c1ccc2ccccc2c1N. The third-order valence-corrected chi connectivity index (χ3v) is 2.47. The molecular weight excluding hydrogens is 202 g/mol. The summed E-state index contributed by atoms with van der Waals surface area (Å²) in [5, 5.41) is 1.90. The highest BCUT2D eigenvalue weighted by molar-refractivity contribution is 6.05. The number of nitrogen functional groups attached to an aromatic ring is 1. The van der Waals surface area contributed by atoms with Gasteiger partial charge in [-0.3, -0.25) is 0 Å². The number of benzene rings is 2. The lowest BCUT2D eigenvalue weighted by Crippen LogP contribution is -2.08. The Balaban J connectivity index is 2.56. The molecule has 0 aliphatic heterocycles. The Morgan fingerprint density at radius 3 is 2.75 bits per heavy atom. The van der Waals surface area contributed by atoms with Gasteiger partial charge >= 0.3 is 5.97 Å². The van der Waals surface area contributed by atoms with Gasteiger partial charge in [-0.2, -0.15) is 0 Å². The number of hydrogen-bond acceptors (Lipinski definition) is 3. The number of rotatable bonds is 2. The van der Waals surface area contributed by atoms with Gasteiger partial charge in [-0.15, -0.1) is 0 Å². The van der Waals surface area contributed by atoms with E-state index in [2.05, 4.69) is 0 Å².